The van der Waals surface area contributed by atoms with E-state index in [4.69, 9.17) is 0 Å². The number of nitrogens with one attached hydrogen (secondary N) is 2. The van der Waals surface area contributed by atoms with E-state index >= 15 is 0 Å². The molecule has 0 radical (unpaired) electrons. The predicted octanol–water partition coefficient (Wildman–Crippen LogP) is 1.96. The molecule has 0 fully saturated rings. The zero-order chi connectivity index (χ0) is 16.2. The van der Waals surface area contributed by atoms with E-state index in [2.05, 4.69) is 20.5 Å². The van der Waals surface area contributed by atoms with Crippen molar-refractivity contribution >= 4 is 17.7 Å². The lowest BCUT2D eigenvalue weighted by molar-refractivity contribution is -0.119. The smallest absolute Gasteiger partial charge is 0.407 e. The van der Waals surface area contributed by atoms with Crippen molar-refractivity contribution in [1.29, 1.82) is 0 Å². The first kappa shape index (κ1) is 17.0. The van der Waals surface area contributed by atoms with Crippen LogP contribution in [0.1, 0.15) is 34.6 Å². The van der Waals surface area contributed by atoms with Gasteiger partial charge in [-0.1, -0.05) is 13.8 Å². The van der Waals surface area contributed by atoms with Crippen LogP contribution in [0.25, 0.3) is 0 Å². The molecule has 1 atom stereocenters. The van der Waals surface area contributed by atoms with Gasteiger partial charge < -0.3 is 15.4 Å². The summed E-state index contributed by atoms with van der Waals surface area (Å²) in [4.78, 5) is 23.5. The molecule has 2 N–H and O–H groups in total. The number of carbonyl (C=O) groups is 2. The van der Waals surface area contributed by atoms with E-state index in [-0.39, 0.29) is 17.4 Å². The van der Waals surface area contributed by atoms with Gasteiger partial charge in [0.05, 0.1) is 24.5 Å². The average Bonchev–Trinajstić information content (AvgIpc) is 2.83. The molecule has 1 aromatic rings. The first-order chi connectivity index (χ1) is 9.65. The van der Waals surface area contributed by atoms with Gasteiger partial charge in [-0.3, -0.25) is 9.48 Å². The third kappa shape index (κ3) is 4.77. The maximum Gasteiger partial charge on any atom is 0.407 e. The second-order valence-corrected chi connectivity index (χ2v) is 6.19. The Hall–Kier alpha value is -2.05. The summed E-state index contributed by atoms with van der Waals surface area (Å²) in [5.41, 5.74) is 0.428. The molecule has 0 aliphatic heterocycles. The second kappa shape index (κ2) is 6.60. The van der Waals surface area contributed by atoms with E-state index < -0.39 is 12.1 Å². The fourth-order valence-electron chi connectivity index (χ4n) is 1.70. The Kier molecular flexibility index (Phi) is 5.34. The molecule has 0 saturated carbocycles. The largest absolute Gasteiger partial charge is 0.453 e. The standard InChI is InChI=1S/C14H24N4O3/c1-9(2)11(17-13(20)21-6)12(19)16-10-7-15-18(8-10)14(3,4)5/h7-9,11H,1-6H3,(H,16,19)(H,17,20)/t11-/m1/s1. The van der Waals surface area contributed by atoms with Crippen LogP contribution in [0.2, 0.25) is 0 Å². The van der Waals surface area contributed by atoms with Crippen LogP contribution < -0.4 is 10.6 Å². The summed E-state index contributed by atoms with van der Waals surface area (Å²) in [6.07, 6.45) is 2.71. The van der Waals surface area contributed by atoms with Crippen molar-refractivity contribution in [3.05, 3.63) is 12.4 Å². The van der Waals surface area contributed by atoms with E-state index in [1.54, 1.807) is 17.1 Å². The number of methoxy groups -OCH3 is 1. The van der Waals surface area contributed by atoms with Gasteiger partial charge >= 0.3 is 6.09 Å². The minimum atomic E-state index is -0.671. The van der Waals surface area contributed by atoms with Crippen LogP contribution in [0.4, 0.5) is 10.5 Å². The molecule has 1 aromatic heterocycles. The summed E-state index contributed by atoms with van der Waals surface area (Å²) in [7, 11) is 1.26. The quantitative estimate of drug-likeness (QED) is 0.889. The lowest BCUT2D eigenvalue weighted by atomic mass is 10.0. The Balaban J connectivity index is 2.77. The van der Waals surface area contributed by atoms with Crippen LogP contribution in [-0.4, -0.2) is 34.9 Å². The lowest BCUT2D eigenvalue weighted by Gasteiger charge is -2.21. The molecule has 21 heavy (non-hydrogen) atoms. The summed E-state index contributed by atoms with van der Waals surface area (Å²) in [6.45, 7) is 9.74. The fourth-order valence-corrected chi connectivity index (χ4v) is 1.70. The molecule has 0 saturated heterocycles. The maximum absolute atomic E-state index is 12.2. The first-order valence-electron chi connectivity index (χ1n) is 6.85. The highest BCUT2D eigenvalue weighted by molar-refractivity contribution is 5.96. The minimum Gasteiger partial charge on any atom is -0.453 e. The molecule has 1 rings (SSSR count). The molecule has 0 aliphatic carbocycles. The van der Waals surface area contributed by atoms with Crippen molar-refractivity contribution in [2.45, 2.75) is 46.2 Å². The molecule has 7 nitrogen and oxygen atoms in total. The third-order valence-electron chi connectivity index (χ3n) is 2.95. The molecule has 0 unspecified atom stereocenters. The number of aromatic nitrogens is 2. The van der Waals surface area contributed by atoms with Gasteiger partial charge in [0, 0.05) is 6.20 Å². The summed E-state index contributed by atoms with van der Waals surface area (Å²) >= 11 is 0. The summed E-state index contributed by atoms with van der Waals surface area (Å²) in [6, 6.07) is -0.671. The zero-order valence-corrected chi connectivity index (χ0v) is 13.4. The normalized spacial score (nSPS) is 12.9. The molecule has 1 heterocycles. The van der Waals surface area contributed by atoms with Gasteiger partial charge in [-0.2, -0.15) is 5.10 Å². The molecule has 0 aliphatic rings. The number of nitrogens with zero attached hydrogens (tertiary/aromatic N) is 2. The highest BCUT2D eigenvalue weighted by atomic mass is 16.5. The second-order valence-electron chi connectivity index (χ2n) is 6.19. The van der Waals surface area contributed by atoms with E-state index in [9.17, 15) is 9.59 Å². The van der Waals surface area contributed by atoms with Gasteiger partial charge in [0.1, 0.15) is 6.04 Å². The highest BCUT2D eigenvalue weighted by Gasteiger charge is 2.25. The lowest BCUT2D eigenvalue weighted by Crippen LogP contribution is -2.47. The first-order valence-corrected chi connectivity index (χ1v) is 6.85. The highest BCUT2D eigenvalue weighted by Crippen LogP contribution is 2.16. The van der Waals surface area contributed by atoms with Crippen LogP contribution in [-0.2, 0) is 15.1 Å². The molecular formula is C14H24N4O3. The Morgan fingerprint density at radius 2 is 1.95 bits per heavy atom. The molecule has 0 aromatic carbocycles. The van der Waals surface area contributed by atoms with Crippen molar-refractivity contribution in [2.75, 3.05) is 12.4 Å². The number of amides is 2. The molecule has 2 amide bonds. The van der Waals surface area contributed by atoms with Gasteiger partial charge in [-0.25, -0.2) is 4.79 Å². The van der Waals surface area contributed by atoms with Crippen LogP contribution in [0.5, 0.6) is 0 Å². The summed E-state index contributed by atoms with van der Waals surface area (Å²) in [5.74, 6) is -0.370. The van der Waals surface area contributed by atoms with E-state index in [0.717, 1.165) is 0 Å². The van der Waals surface area contributed by atoms with Crippen LogP contribution >= 0.6 is 0 Å². The molecule has 118 valence electrons. The van der Waals surface area contributed by atoms with E-state index in [1.807, 2.05) is 34.6 Å². The van der Waals surface area contributed by atoms with E-state index in [0.29, 0.717) is 5.69 Å². The van der Waals surface area contributed by atoms with Crippen LogP contribution in [0.15, 0.2) is 12.4 Å². The van der Waals surface area contributed by atoms with Crippen molar-refractivity contribution in [1.82, 2.24) is 15.1 Å². The SMILES string of the molecule is COC(=O)N[C@@H](C(=O)Nc1cnn(C(C)(C)C)c1)C(C)C. The van der Waals surface area contributed by atoms with Gasteiger partial charge in [0.25, 0.3) is 0 Å². The van der Waals surface area contributed by atoms with Crippen molar-refractivity contribution < 1.29 is 14.3 Å². The number of carbonyl (C=O) groups excluding carboxylic acids is 2. The van der Waals surface area contributed by atoms with Crippen molar-refractivity contribution in [2.24, 2.45) is 5.92 Å². The predicted molar refractivity (Wildman–Crippen MR) is 80.0 cm³/mol. The number of hydrogen-bond donors (Lipinski definition) is 2. The third-order valence-corrected chi connectivity index (χ3v) is 2.95. The van der Waals surface area contributed by atoms with Crippen molar-refractivity contribution in [3.8, 4) is 0 Å². The van der Waals surface area contributed by atoms with Gasteiger partial charge in [0.2, 0.25) is 5.91 Å². The number of ether oxygens (including phenoxy) is 1. The average molecular weight is 296 g/mol. The molecule has 0 bridgehead atoms. The van der Waals surface area contributed by atoms with Crippen LogP contribution in [0.3, 0.4) is 0 Å². The Morgan fingerprint density at radius 1 is 1.33 bits per heavy atom. The molecule has 0 spiro atoms. The Labute approximate surface area is 125 Å². The molecule has 7 heteroatoms. The summed E-state index contributed by atoms with van der Waals surface area (Å²) < 4.78 is 6.30. The minimum absolute atomic E-state index is 0.0678. The summed E-state index contributed by atoms with van der Waals surface area (Å²) in [5, 5.41) is 9.49. The number of rotatable bonds is 4. The Morgan fingerprint density at radius 3 is 2.38 bits per heavy atom. The zero-order valence-electron chi connectivity index (χ0n) is 13.4. The topological polar surface area (TPSA) is 85.2 Å². The number of hydrogen-bond acceptors (Lipinski definition) is 4. The van der Waals surface area contributed by atoms with Crippen molar-refractivity contribution in [3.63, 3.8) is 0 Å². The van der Waals surface area contributed by atoms with Gasteiger partial charge in [0.15, 0.2) is 0 Å². The van der Waals surface area contributed by atoms with Gasteiger partial charge in [-0.15, -0.1) is 0 Å². The maximum atomic E-state index is 12.2. The Bertz CT molecular complexity index is 503. The fraction of sp³-hybridized carbons (Fsp3) is 0.643. The molecular weight excluding hydrogens is 272 g/mol. The van der Waals surface area contributed by atoms with E-state index in [1.165, 1.54) is 7.11 Å². The van der Waals surface area contributed by atoms with Gasteiger partial charge in [-0.05, 0) is 26.7 Å². The van der Waals surface area contributed by atoms with Crippen LogP contribution in [0, 0.1) is 5.92 Å². The number of alkyl carbamates (subject to hydrolysis) is 1. The number of anilines is 1. The monoisotopic (exact) mass is 296 g/mol.